The molecular formula is C20H17F3K2N6O6S2. The first-order valence-corrected chi connectivity index (χ1v) is 12.5. The number of nitrogens with one attached hydrogen (secondary N) is 2. The van der Waals surface area contributed by atoms with Crippen molar-refractivity contribution in [3.63, 3.8) is 0 Å². The monoisotopic (exact) mass is 636 g/mol. The molecule has 3 heterocycles. The van der Waals surface area contributed by atoms with Crippen LogP contribution in [0.5, 0.6) is 0 Å². The second-order valence-corrected chi connectivity index (χ2v) is 10.3. The molecular weight excluding hydrogens is 620 g/mol. The Kier molecular flexibility index (Phi) is 13.6. The van der Waals surface area contributed by atoms with E-state index in [2.05, 4.69) is 25.9 Å². The number of nitrogens with zero attached hydrogens (tertiary/aromatic N) is 4. The molecule has 1 aromatic carbocycles. The molecule has 1 saturated heterocycles. The number of hydrogen-bond donors (Lipinski definition) is 3. The van der Waals surface area contributed by atoms with Crippen LogP contribution in [-0.2, 0) is 20.6 Å². The Morgan fingerprint density at radius 2 is 1.92 bits per heavy atom. The zero-order chi connectivity index (χ0) is 26.9. The fraction of sp³-hybridized carbons (Fsp3) is 0.400. The van der Waals surface area contributed by atoms with E-state index in [0.29, 0.717) is 0 Å². The number of benzene rings is 1. The van der Waals surface area contributed by atoms with Crippen molar-refractivity contribution in [3.8, 4) is 0 Å². The molecule has 4 atom stereocenters. The number of alkyl halides is 3. The number of halogens is 3. The van der Waals surface area contributed by atoms with Gasteiger partial charge in [0.2, 0.25) is 11.1 Å². The number of rotatable bonds is 10. The number of β-lactam (4-membered cyclic amide) rings is 1. The zero-order valence-electron chi connectivity index (χ0n) is 20.5. The molecule has 3 N–H and O–H groups in total. The van der Waals surface area contributed by atoms with Crippen LogP contribution in [0.15, 0.2) is 40.7 Å². The van der Waals surface area contributed by atoms with E-state index >= 15 is 0 Å². The van der Waals surface area contributed by atoms with Crippen molar-refractivity contribution in [3.05, 3.63) is 46.7 Å². The molecule has 4 rings (SSSR count). The largest absolute Gasteiger partial charge is 1.00 e. The molecule has 0 saturated carbocycles. The van der Waals surface area contributed by atoms with E-state index < -0.39 is 64.5 Å². The SMILES string of the molecule is O=C([O-])CC(Sc1nnn[nH]1)C1=C(C(=O)[O-])N2C(=O)C(NCC(O)c3ccc(C(F)(F)F)cc3)[C@@H]2SC1.[K+].[K+]. The first-order valence-electron chi connectivity index (χ1n) is 10.5. The van der Waals surface area contributed by atoms with Crippen LogP contribution in [0.3, 0.4) is 0 Å². The molecule has 1 fully saturated rings. The number of hydrogen-bond acceptors (Lipinski definition) is 12. The number of fused-ring (bicyclic) bond motifs is 1. The van der Waals surface area contributed by atoms with Crippen LogP contribution in [0.2, 0.25) is 0 Å². The van der Waals surface area contributed by atoms with E-state index in [0.717, 1.165) is 40.9 Å². The summed E-state index contributed by atoms with van der Waals surface area (Å²) in [6, 6.07) is 3.03. The fourth-order valence-corrected chi connectivity index (χ4v) is 6.47. The number of aromatic amines is 1. The number of aliphatic carboxylic acids is 2. The summed E-state index contributed by atoms with van der Waals surface area (Å²) >= 11 is 2.04. The van der Waals surface area contributed by atoms with Crippen molar-refractivity contribution >= 4 is 41.4 Å². The predicted octanol–water partition coefficient (Wildman–Crippen LogP) is -7.56. The summed E-state index contributed by atoms with van der Waals surface area (Å²) in [5, 5.41) is 47.9. The van der Waals surface area contributed by atoms with Gasteiger partial charge in [0.05, 0.1) is 23.3 Å². The zero-order valence-corrected chi connectivity index (χ0v) is 28.3. The van der Waals surface area contributed by atoms with Crippen LogP contribution >= 0.6 is 23.5 Å². The number of aliphatic hydroxyl groups excluding tert-OH is 1. The minimum absolute atomic E-state index is 0. The molecule has 2 aliphatic rings. The summed E-state index contributed by atoms with van der Waals surface area (Å²) in [5.74, 6) is -3.72. The van der Waals surface area contributed by atoms with Crippen molar-refractivity contribution in [1.82, 2.24) is 30.8 Å². The van der Waals surface area contributed by atoms with Crippen molar-refractivity contribution in [1.29, 1.82) is 0 Å². The van der Waals surface area contributed by atoms with E-state index in [1.807, 2.05) is 0 Å². The smallest absolute Gasteiger partial charge is 0.550 e. The van der Waals surface area contributed by atoms with Gasteiger partial charge in [-0.15, -0.1) is 16.9 Å². The summed E-state index contributed by atoms with van der Waals surface area (Å²) < 4.78 is 38.2. The average Bonchev–Trinajstić information content (AvgIpc) is 3.35. The van der Waals surface area contributed by atoms with Gasteiger partial charge in [-0.1, -0.05) is 23.9 Å². The third kappa shape index (κ3) is 8.36. The number of carbonyl (C=O) groups excluding carboxylic acids is 3. The molecule has 0 aliphatic carbocycles. The molecule has 2 aromatic rings. The first kappa shape index (κ1) is 35.3. The van der Waals surface area contributed by atoms with Gasteiger partial charge in [0.25, 0.3) is 0 Å². The Labute approximate surface area is 312 Å². The number of amides is 1. The van der Waals surface area contributed by atoms with Gasteiger partial charge in [0.15, 0.2) is 0 Å². The van der Waals surface area contributed by atoms with Crippen molar-refractivity contribution in [2.24, 2.45) is 0 Å². The van der Waals surface area contributed by atoms with E-state index in [4.69, 9.17) is 0 Å². The van der Waals surface area contributed by atoms with Crippen LogP contribution in [-0.4, -0.2) is 77.4 Å². The second kappa shape index (κ2) is 15.0. The summed E-state index contributed by atoms with van der Waals surface area (Å²) in [6.07, 6.45) is -6.33. The van der Waals surface area contributed by atoms with Gasteiger partial charge in [-0.2, -0.15) is 13.2 Å². The Bertz CT molecular complexity index is 1220. The standard InChI is InChI=1S/C20H19F3N6O6S2.2K/c21-20(22,23)9-3-1-8(2-4-9)11(30)6-24-14-16(33)29-15(18(34)35)10(7-36-17(14)29)12(5-13(31)32)37-19-25-27-28-26-19;;/h1-4,11-12,14,17,24,30H,5-7H2,(H,31,32)(H,34,35)(H,25,26,27,28);;/q;2*+1/p-2/t11?,12?,14?,17-;;/m0../s1. The van der Waals surface area contributed by atoms with Gasteiger partial charge in [0, 0.05) is 29.9 Å². The molecule has 12 nitrogen and oxygen atoms in total. The van der Waals surface area contributed by atoms with Crippen molar-refractivity contribution in [2.45, 2.75) is 40.5 Å². The van der Waals surface area contributed by atoms with Gasteiger partial charge < -0.3 is 30.2 Å². The molecule has 2 aliphatic heterocycles. The number of aliphatic hydroxyl groups is 1. The van der Waals surface area contributed by atoms with E-state index in [1.165, 1.54) is 11.8 Å². The quantitative estimate of drug-likeness (QED) is 0.127. The first-order chi connectivity index (χ1) is 17.5. The van der Waals surface area contributed by atoms with Gasteiger partial charge in [0.1, 0.15) is 11.4 Å². The van der Waals surface area contributed by atoms with Gasteiger partial charge in [-0.05, 0) is 33.7 Å². The number of carboxylic acids is 2. The number of aromatic nitrogens is 4. The molecule has 0 bridgehead atoms. The molecule has 0 radical (unpaired) electrons. The summed E-state index contributed by atoms with van der Waals surface area (Å²) in [4.78, 5) is 37.2. The van der Waals surface area contributed by atoms with Crippen molar-refractivity contribution in [2.75, 3.05) is 12.3 Å². The number of H-pyrrole nitrogens is 1. The summed E-state index contributed by atoms with van der Waals surface area (Å²) in [6.45, 7) is -0.189. The van der Waals surface area contributed by atoms with Gasteiger partial charge in [-0.3, -0.25) is 9.69 Å². The van der Waals surface area contributed by atoms with Crippen LogP contribution in [0.25, 0.3) is 0 Å². The maximum Gasteiger partial charge on any atom is 1.00 e. The number of carbonyl (C=O) groups is 3. The molecule has 0 spiro atoms. The van der Waals surface area contributed by atoms with E-state index in [1.54, 1.807) is 0 Å². The van der Waals surface area contributed by atoms with Gasteiger partial charge in [-0.25, -0.2) is 5.10 Å². The van der Waals surface area contributed by atoms with Crippen LogP contribution in [0.4, 0.5) is 13.2 Å². The summed E-state index contributed by atoms with van der Waals surface area (Å²) in [5.41, 5.74) is -1.00. The maximum absolute atomic E-state index is 12.9. The molecule has 3 unspecified atom stereocenters. The molecule has 39 heavy (non-hydrogen) atoms. The fourth-order valence-electron chi connectivity index (χ4n) is 3.91. The van der Waals surface area contributed by atoms with Crippen LogP contribution in [0, 0.1) is 0 Å². The van der Waals surface area contributed by atoms with Crippen LogP contribution < -0.4 is 118 Å². The number of carboxylic acid groups (broad SMARTS) is 2. The van der Waals surface area contributed by atoms with Crippen LogP contribution in [0.1, 0.15) is 23.7 Å². The maximum atomic E-state index is 12.9. The van der Waals surface area contributed by atoms with Crippen molar-refractivity contribution < 1.29 is 146 Å². The number of tetrazole rings is 1. The topological polar surface area (TPSA) is 187 Å². The second-order valence-electron chi connectivity index (χ2n) is 7.98. The molecule has 19 heteroatoms. The van der Waals surface area contributed by atoms with E-state index in [-0.39, 0.29) is 131 Å². The Balaban J connectivity index is 0.00000267. The Hall–Kier alpha value is 0.123. The average molecular weight is 637 g/mol. The third-order valence-electron chi connectivity index (χ3n) is 5.67. The minimum Gasteiger partial charge on any atom is -0.550 e. The predicted molar refractivity (Wildman–Crippen MR) is 117 cm³/mol. The summed E-state index contributed by atoms with van der Waals surface area (Å²) in [7, 11) is 0. The Morgan fingerprint density at radius 1 is 1.26 bits per heavy atom. The molecule has 198 valence electrons. The third-order valence-corrected chi connectivity index (χ3v) is 8.10. The normalized spacial score (nSPS) is 20.2. The van der Waals surface area contributed by atoms with Gasteiger partial charge >= 0.3 is 109 Å². The minimum atomic E-state index is -4.52. The molecule has 1 amide bonds. The Morgan fingerprint density at radius 3 is 2.46 bits per heavy atom. The molecule has 1 aromatic heterocycles. The number of thioether (sulfide) groups is 2. The van der Waals surface area contributed by atoms with E-state index in [9.17, 15) is 42.9 Å².